The first-order valence-electron chi connectivity index (χ1n) is 10.5. The summed E-state index contributed by atoms with van der Waals surface area (Å²) in [5, 5.41) is 15.9. The van der Waals surface area contributed by atoms with E-state index in [0.717, 1.165) is 42.1 Å². The highest BCUT2D eigenvalue weighted by Crippen LogP contribution is 2.21. The topological polar surface area (TPSA) is 125 Å². The molecule has 4 heterocycles. The Bertz CT molecular complexity index is 1120. The number of carboxylic acid groups (broad SMARTS) is 1. The van der Waals surface area contributed by atoms with E-state index in [2.05, 4.69) is 26.7 Å². The van der Waals surface area contributed by atoms with E-state index >= 15 is 0 Å². The van der Waals surface area contributed by atoms with Crippen LogP contribution < -0.4 is 10.6 Å². The van der Waals surface area contributed by atoms with E-state index < -0.39 is 12.1 Å². The summed E-state index contributed by atoms with van der Waals surface area (Å²) in [5.74, 6) is -2.27. The third-order valence-corrected chi connectivity index (χ3v) is 5.73. The first-order valence-corrected chi connectivity index (χ1v) is 11.4. The molecule has 13 heteroatoms. The maximum atomic E-state index is 12.5. The molecule has 1 fully saturated rings. The molecule has 0 aromatic carbocycles. The minimum absolute atomic E-state index is 0.00895. The number of rotatable bonds is 3. The molecule has 2 aromatic rings. The van der Waals surface area contributed by atoms with Crippen molar-refractivity contribution in [2.75, 3.05) is 25.0 Å². The Balaban J connectivity index is 0.000000429. The SMILES string of the molecule is O=C(O)C(F)(F)F.O=C1CNCc2cc(/C=C/C(=O)N3CCC(=Cc4nccs4)CC3)cnc2N1. The molecule has 2 aliphatic rings. The highest BCUT2D eigenvalue weighted by molar-refractivity contribution is 7.10. The molecule has 9 nitrogen and oxygen atoms in total. The van der Waals surface area contributed by atoms with Crippen LogP contribution in [0.2, 0.25) is 0 Å². The number of piperidine rings is 1. The van der Waals surface area contributed by atoms with Crippen LogP contribution in [0.1, 0.15) is 29.0 Å². The molecule has 2 aromatic heterocycles. The predicted molar refractivity (Wildman–Crippen MR) is 123 cm³/mol. The van der Waals surface area contributed by atoms with Crippen LogP contribution >= 0.6 is 11.3 Å². The lowest BCUT2D eigenvalue weighted by Gasteiger charge is -2.27. The average Bonchev–Trinajstić information content (AvgIpc) is 3.24. The van der Waals surface area contributed by atoms with Crippen LogP contribution in [0, 0.1) is 0 Å². The number of aliphatic carboxylic acids is 1. The van der Waals surface area contributed by atoms with Crippen molar-refractivity contribution in [3.05, 3.63) is 51.6 Å². The summed E-state index contributed by atoms with van der Waals surface area (Å²) in [6.07, 6.45) is 5.67. The highest BCUT2D eigenvalue weighted by Gasteiger charge is 2.38. The standard InChI is InChI=1S/C20H21N5O2S.C2HF3O2/c26-17-13-21-12-16-9-15(11-23-20(16)24-17)1-2-19(27)25-6-3-14(4-7-25)10-18-22-5-8-28-18;3-2(4,5)1(6)7/h1-2,5,8-11,21H,3-4,6-7,12-13H2,(H,23,24,26);(H,6,7)/b2-1+;. The van der Waals surface area contributed by atoms with Crippen molar-refractivity contribution >= 4 is 47.1 Å². The Hall–Kier alpha value is -3.58. The van der Waals surface area contributed by atoms with Crippen molar-refractivity contribution < 1.29 is 32.7 Å². The van der Waals surface area contributed by atoms with Gasteiger partial charge in [0.05, 0.1) is 6.54 Å². The molecule has 0 unspecified atom stereocenters. The number of hydrogen-bond donors (Lipinski definition) is 3. The number of nitrogens with one attached hydrogen (secondary N) is 2. The summed E-state index contributed by atoms with van der Waals surface area (Å²) in [6.45, 7) is 2.28. The molecule has 1 saturated heterocycles. The van der Waals surface area contributed by atoms with E-state index in [4.69, 9.17) is 9.90 Å². The number of likely N-dealkylation sites (tertiary alicyclic amines) is 1. The lowest BCUT2D eigenvalue weighted by Crippen LogP contribution is -2.35. The zero-order valence-corrected chi connectivity index (χ0v) is 19.2. The second-order valence-electron chi connectivity index (χ2n) is 7.56. The molecular formula is C22H22F3N5O4S. The molecule has 2 aliphatic heterocycles. The molecule has 35 heavy (non-hydrogen) atoms. The summed E-state index contributed by atoms with van der Waals surface area (Å²) in [7, 11) is 0. The number of fused-ring (bicyclic) bond motifs is 1. The van der Waals surface area contributed by atoms with E-state index in [1.54, 1.807) is 29.7 Å². The molecule has 3 N–H and O–H groups in total. The maximum absolute atomic E-state index is 12.5. The third-order valence-electron chi connectivity index (χ3n) is 5.00. The lowest BCUT2D eigenvalue weighted by molar-refractivity contribution is -0.192. The Morgan fingerprint density at radius 2 is 1.89 bits per heavy atom. The average molecular weight is 510 g/mol. The number of aromatic nitrogens is 2. The van der Waals surface area contributed by atoms with Gasteiger partial charge in [0.25, 0.3) is 0 Å². The van der Waals surface area contributed by atoms with Crippen molar-refractivity contribution in [1.82, 2.24) is 20.2 Å². The number of thiazole rings is 1. The highest BCUT2D eigenvalue weighted by atomic mass is 32.1. The monoisotopic (exact) mass is 509 g/mol. The predicted octanol–water partition coefficient (Wildman–Crippen LogP) is 2.93. The van der Waals surface area contributed by atoms with E-state index in [1.165, 1.54) is 5.57 Å². The molecule has 0 atom stereocenters. The molecule has 4 rings (SSSR count). The zero-order chi connectivity index (χ0) is 25.4. The molecule has 0 radical (unpaired) electrons. The van der Waals surface area contributed by atoms with E-state index in [1.807, 2.05) is 22.5 Å². The first kappa shape index (κ1) is 26.0. The normalized spacial score (nSPS) is 16.0. The van der Waals surface area contributed by atoms with Gasteiger partial charge in [-0.2, -0.15) is 13.2 Å². The summed E-state index contributed by atoms with van der Waals surface area (Å²) < 4.78 is 31.7. The van der Waals surface area contributed by atoms with Crippen LogP contribution in [-0.2, 0) is 20.9 Å². The largest absolute Gasteiger partial charge is 0.490 e. The van der Waals surface area contributed by atoms with Gasteiger partial charge in [0.15, 0.2) is 0 Å². The van der Waals surface area contributed by atoms with Crippen LogP contribution in [-0.4, -0.2) is 63.6 Å². The second-order valence-corrected chi connectivity index (χ2v) is 8.49. The molecule has 0 aliphatic carbocycles. The number of hydrogen-bond acceptors (Lipinski definition) is 7. The number of pyridine rings is 1. The number of carbonyl (C=O) groups excluding carboxylic acids is 2. The van der Waals surface area contributed by atoms with Crippen molar-refractivity contribution in [3.8, 4) is 0 Å². The number of amides is 2. The van der Waals surface area contributed by atoms with Crippen LogP contribution in [0.5, 0.6) is 0 Å². The Kier molecular flexibility index (Phi) is 8.71. The molecule has 0 saturated carbocycles. The Labute approximate surface area is 202 Å². The molecule has 186 valence electrons. The molecule has 0 spiro atoms. The van der Waals surface area contributed by atoms with Crippen molar-refractivity contribution in [3.63, 3.8) is 0 Å². The smallest absolute Gasteiger partial charge is 0.475 e. The number of anilines is 1. The van der Waals surface area contributed by atoms with Crippen LogP contribution in [0.15, 0.2) is 35.5 Å². The van der Waals surface area contributed by atoms with Crippen molar-refractivity contribution in [1.29, 1.82) is 0 Å². The lowest BCUT2D eigenvalue weighted by atomic mass is 10.0. The molecule has 0 bridgehead atoms. The van der Waals surface area contributed by atoms with Gasteiger partial charge in [-0.05, 0) is 36.6 Å². The van der Waals surface area contributed by atoms with Crippen LogP contribution in [0.3, 0.4) is 0 Å². The van der Waals surface area contributed by atoms with E-state index in [9.17, 15) is 22.8 Å². The zero-order valence-electron chi connectivity index (χ0n) is 18.3. The number of nitrogens with zero attached hydrogens (tertiary/aromatic N) is 3. The van der Waals surface area contributed by atoms with Gasteiger partial charge in [-0.15, -0.1) is 11.3 Å². The second kappa shape index (κ2) is 11.7. The summed E-state index contributed by atoms with van der Waals surface area (Å²) in [4.78, 5) is 43.4. The number of alkyl halides is 3. The van der Waals surface area contributed by atoms with Crippen molar-refractivity contribution in [2.45, 2.75) is 25.6 Å². The fraction of sp³-hybridized carbons (Fsp3) is 0.318. The van der Waals surface area contributed by atoms with Gasteiger partial charge in [-0.1, -0.05) is 5.57 Å². The molecular weight excluding hydrogens is 487 g/mol. The van der Waals surface area contributed by atoms with Gasteiger partial charge in [-0.25, -0.2) is 14.8 Å². The minimum Gasteiger partial charge on any atom is -0.475 e. The maximum Gasteiger partial charge on any atom is 0.490 e. The molecule has 2 amide bonds. The van der Waals surface area contributed by atoms with Gasteiger partial charge >= 0.3 is 12.1 Å². The van der Waals surface area contributed by atoms with Crippen molar-refractivity contribution in [2.24, 2.45) is 0 Å². The summed E-state index contributed by atoms with van der Waals surface area (Å²) >= 11 is 1.63. The fourth-order valence-electron chi connectivity index (χ4n) is 3.27. The van der Waals surface area contributed by atoms with Gasteiger partial charge in [0, 0.05) is 49.0 Å². The third kappa shape index (κ3) is 8.00. The van der Waals surface area contributed by atoms with Gasteiger partial charge < -0.3 is 20.6 Å². The fourth-order valence-corrected chi connectivity index (χ4v) is 3.88. The Morgan fingerprint density at radius 3 is 2.51 bits per heavy atom. The van der Waals surface area contributed by atoms with Crippen LogP contribution in [0.25, 0.3) is 12.2 Å². The number of carbonyl (C=O) groups is 3. The van der Waals surface area contributed by atoms with Crippen LogP contribution in [0.4, 0.5) is 19.0 Å². The Morgan fingerprint density at radius 1 is 1.17 bits per heavy atom. The van der Waals surface area contributed by atoms with Gasteiger partial charge in [0.2, 0.25) is 11.8 Å². The van der Waals surface area contributed by atoms with Gasteiger partial charge in [-0.3, -0.25) is 9.59 Å². The summed E-state index contributed by atoms with van der Waals surface area (Å²) in [5.41, 5.74) is 3.09. The quantitative estimate of drug-likeness (QED) is 0.544. The number of halogens is 3. The van der Waals surface area contributed by atoms with Gasteiger partial charge in [0.1, 0.15) is 10.8 Å². The summed E-state index contributed by atoms with van der Waals surface area (Å²) in [6, 6.07) is 1.94. The number of carboxylic acids is 1. The minimum atomic E-state index is -5.08. The van der Waals surface area contributed by atoms with E-state index in [-0.39, 0.29) is 18.4 Å². The first-order chi connectivity index (χ1) is 16.6. The van der Waals surface area contributed by atoms with E-state index in [0.29, 0.717) is 12.4 Å².